The summed E-state index contributed by atoms with van der Waals surface area (Å²) in [6, 6.07) is 0.859. The Labute approximate surface area is 130 Å². The zero-order valence-electron chi connectivity index (χ0n) is 13.9. The van der Waals surface area contributed by atoms with E-state index >= 15 is 0 Å². The zero-order valence-corrected chi connectivity index (χ0v) is 14.9. The highest BCUT2D eigenvalue weighted by Crippen LogP contribution is 2.20. The Kier molecular flexibility index (Phi) is 10.5. The fraction of sp³-hybridized carbons (Fsp3) is 1.00. The first-order valence-corrected chi connectivity index (χ1v) is 10.3. The van der Waals surface area contributed by atoms with Gasteiger partial charge < -0.3 is 22.8 Å². The number of ether oxygens (including phenoxy) is 2. The summed E-state index contributed by atoms with van der Waals surface area (Å²) in [5.74, 6) is 0. The smallest absolute Gasteiger partial charge is 0.374 e. The van der Waals surface area contributed by atoms with Gasteiger partial charge in [0, 0.05) is 39.1 Å². The lowest BCUT2D eigenvalue weighted by molar-refractivity contribution is -0.162. The minimum atomic E-state index is -2.47. The van der Waals surface area contributed by atoms with Crippen molar-refractivity contribution >= 4 is 8.80 Å². The van der Waals surface area contributed by atoms with Gasteiger partial charge in [-0.2, -0.15) is 0 Å². The van der Waals surface area contributed by atoms with Crippen molar-refractivity contribution in [2.45, 2.75) is 65.2 Å². The summed E-state index contributed by atoms with van der Waals surface area (Å²) in [5, 5.41) is 0. The highest BCUT2D eigenvalue weighted by Gasteiger charge is 2.39. The minimum Gasteiger partial charge on any atom is -0.374 e. The van der Waals surface area contributed by atoms with Crippen molar-refractivity contribution in [3.05, 3.63) is 0 Å². The summed E-state index contributed by atoms with van der Waals surface area (Å²) in [7, 11) is -2.47. The van der Waals surface area contributed by atoms with E-state index in [1.54, 1.807) is 0 Å². The van der Waals surface area contributed by atoms with E-state index in [1.807, 2.05) is 20.8 Å². The molecule has 1 atom stereocenters. The number of hydrogen-bond donors (Lipinski definition) is 0. The largest absolute Gasteiger partial charge is 0.500 e. The minimum absolute atomic E-state index is 0.00595. The lowest BCUT2D eigenvalue weighted by atomic mass is 10.2. The molecule has 1 aliphatic heterocycles. The normalized spacial score (nSPS) is 19.9. The van der Waals surface area contributed by atoms with E-state index < -0.39 is 8.80 Å². The monoisotopic (exact) mass is 320 g/mol. The van der Waals surface area contributed by atoms with Gasteiger partial charge in [-0.05, 0) is 52.9 Å². The van der Waals surface area contributed by atoms with Crippen LogP contribution in [0.1, 0.15) is 52.9 Å². The lowest BCUT2D eigenvalue weighted by Gasteiger charge is -2.28. The Balaban J connectivity index is 2.21. The first-order chi connectivity index (χ1) is 10.3. The summed E-state index contributed by atoms with van der Waals surface area (Å²) in [5.41, 5.74) is 0. The topological polar surface area (TPSA) is 46.2 Å². The van der Waals surface area contributed by atoms with Crippen molar-refractivity contribution in [3.8, 4) is 0 Å². The number of unbranched alkanes of at least 4 members (excludes halogenated alkanes) is 1. The second-order valence-corrected chi connectivity index (χ2v) is 7.84. The van der Waals surface area contributed by atoms with Crippen LogP contribution in [0.25, 0.3) is 0 Å². The maximum absolute atomic E-state index is 5.84. The van der Waals surface area contributed by atoms with Gasteiger partial charge in [-0.1, -0.05) is 0 Å². The molecule has 0 bridgehead atoms. The van der Waals surface area contributed by atoms with Crippen LogP contribution in [-0.4, -0.2) is 48.1 Å². The van der Waals surface area contributed by atoms with Crippen LogP contribution in [0.4, 0.5) is 0 Å². The van der Waals surface area contributed by atoms with Crippen molar-refractivity contribution in [1.29, 1.82) is 0 Å². The van der Waals surface area contributed by atoms with Gasteiger partial charge in [0.05, 0.1) is 0 Å². The maximum atomic E-state index is 5.84. The summed E-state index contributed by atoms with van der Waals surface area (Å²) < 4.78 is 28.8. The summed E-state index contributed by atoms with van der Waals surface area (Å²) in [6.45, 7) is 9.45. The Morgan fingerprint density at radius 3 is 2.14 bits per heavy atom. The van der Waals surface area contributed by atoms with Crippen LogP contribution in [0.5, 0.6) is 0 Å². The van der Waals surface area contributed by atoms with Crippen molar-refractivity contribution in [3.63, 3.8) is 0 Å². The molecule has 1 aliphatic rings. The standard InChI is InChI=1S/C15H32O5Si/c1-4-18-21(19-5-2,20-6-3)14-10-9-13-17-15-11-7-8-12-16-15/h15H,4-14H2,1-3H3. The first-order valence-electron chi connectivity index (χ1n) is 8.41. The van der Waals surface area contributed by atoms with Crippen molar-refractivity contribution in [2.75, 3.05) is 33.0 Å². The zero-order chi connectivity index (χ0) is 15.4. The van der Waals surface area contributed by atoms with E-state index in [-0.39, 0.29) is 6.29 Å². The van der Waals surface area contributed by atoms with Crippen molar-refractivity contribution < 1.29 is 22.8 Å². The molecule has 5 nitrogen and oxygen atoms in total. The van der Waals surface area contributed by atoms with Crippen molar-refractivity contribution in [1.82, 2.24) is 0 Å². The van der Waals surface area contributed by atoms with E-state index in [4.69, 9.17) is 22.8 Å². The fourth-order valence-electron chi connectivity index (χ4n) is 2.50. The third-order valence-electron chi connectivity index (χ3n) is 3.41. The van der Waals surface area contributed by atoms with Crippen LogP contribution >= 0.6 is 0 Å². The van der Waals surface area contributed by atoms with Gasteiger partial charge in [0.2, 0.25) is 0 Å². The Bertz CT molecular complexity index is 229. The average Bonchev–Trinajstić information content (AvgIpc) is 2.49. The van der Waals surface area contributed by atoms with Crippen LogP contribution in [0.2, 0.25) is 6.04 Å². The molecule has 0 aromatic carbocycles. The summed E-state index contributed by atoms with van der Waals surface area (Å²) in [4.78, 5) is 0. The maximum Gasteiger partial charge on any atom is 0.500 e. The molecule has 0 radical (unpaired) electrons. The molecule has 21 heavy (non-hydrogen) atoms. The number of rotatable bonds is 12. The quantitative estimate of drug-likeness (QED) is 0.407. The molecule has 1 heterocycles. The second-order valence-electron chi connectivity index (χ2n) is 5.11. The molecule has 6 heteroatoms. The van der Waals surface area contributed by atoms with E-state index in [2.05, 4.69) is 0 Å². The highest BCUT2D eigenvalue weighted by molar-refractivity contribution is 6.60. The molecule has 0 saturated carbocycles. The summed E-state index contributed by atoms with van der Waals surface area (Å²) in [6.07, 6.45) is 5.38. The van der Waals surface area contributed by atoms with E-state index in [0.29, 0.717) is 19.8 Å². The molecule has 0 amide bonds. The predicted octanol–water partition coefficient (Wildman–Crippen LogP) is 3.36. The van der Waals surface area contributed by atoms with Gasteiger partial charge >= 0.3 is 8.80 Å². The molecule has 1 saturated heterocycles. The molecule has 0 N–H and O–H groups in total. The van der Waals surface area contributed by atoms with E-state index in [0.717, 1.165) is 44.9 Å². The molecule has 1 rings (SSSR count). The second kappa shape index (κ2) is 11.6. The van der Waals surface area contributed by atoms with Gasteiger partial charge in [0.25, 0.3) is 0 Å². The van der Waals surface area contributed by atoms with Gasteiger partial charge in [-0.3, -0.25) is 0 Å². The van der Waals surface area contributed by atoms with Gasteiger partial charge in [0.15, 0.2) is 6.29 Å². The van der Waals surface area contributed by atoms with E-state index in [9.17, 15) is 0 Å². The Hall–Kier alpha value is 0.0169. The van der Waals surface area contributed by atoms with Crippen LogP contribution in [-0.2, 0) is 22.8 Å². The summed E-state index contributed by atoms with van der Waals surface area (Å²) >= 11 is 0. The first kappa shape index (κ1) is 19.1. The molecule has 1 fully saturated rings. The molecular weight excluding hydrogens is 288 g/mol. The molecule has 126 valence electrons. The lowest BCUT2D eigenvalue weighted by Crippen LogP contribution is -2.45. The third-order valence-corrected chi connectivity index (χ3v) is 6.56. The highest BCUT2D eigenvalue weighted by atomic mass is 28.4. The van der Waals surface area contributed by atoms with Gasteiger partial charge in [-0.15, -0.1) is 0 Å². The van der Waals surface area contributed by atoms with Gasteiger partial charge in [-0.25, -0.2) is 0 Å². The Morgan fingerprint density at radius 2 is 1.62 bits per heavy atom. The van der Waals surface area contributed by atoms with Crippen LogP contribution in [0.15, 0.2) is 0 Å². The predicted molar refractivity (Wildman–Crippen MR) is 84.2 cm³/mol. The Morgan fingerprint density at radius 1 is 0.952 bits per heavy atom. The SMILES string of the molecule is CCO[Si](CCCCOC1CCCCO1)(OCC)OCC. The van der Waals surface area contributed by atoms with E-state index in [1.165, 1.54) is 6.42 Å². The molecule has 0 aromatic heterocycles. The fourth-order valence-corrected chi connectivity index (χ4v) is 5.19. The average molecular weight is 321 g/mol. The molecule has 1 unspecified atom stereocenters. The van der Waals surface area contributed by atoms with Crippen LogP contribution in [0, 0.1) is 0 Å². The van der Waals surface area contributed by atoms with Gasteiger partial charge in [0.1, 0.15) is 0 Å². The molecule has 0 aliphatic carbocycles. The molecule has 0 aromatic rings. The van der Waals surface area contributed by atoms with Crippen molar-refractivity contribution in [2.24, 2.45) is 0 Å². The molecule has 0 spiro atoms. The molecular formula is C15H32O5Si. The third kappa shape index (κ3) is 7.72. The number of hydrogen-bond acceptors (Lipinski definition) is 5. The van der Waals surface area contributed by atoms with Crippen LogP contribution in [0.3, 0.4) is 0 Å². The van der Waals surface area contributed by atoms with Crippen LogP contribution < -0.4 is 0 Å².